The molecule has 15 heavy (non-hydrogen) atoms. The summed E-state index contributed by atoms with van der Waals surface area (Å²) >= 11 is 9.37. The van der Waals surface area contributed by atoms with Gasteiger partial charge < -0.3 is 10.2 Å². The number of likely N-dealkylation sites (N-methyl/N-ethyl adjacent to an activating group) is 1. The van der Waals surface area contributed by atoms with Gasteiger partial charge in [0.2, 0.25) is 0 Å². The molecule has 4 heteroatoms. The molecule has 1 N–H and O–H groups in total. The summed E-state index contributed by atoms with van der Waals surface area (Å²) < 4.78 is 0.946. The molecule has 0 heterocycles. The van der Waals surface area contributed by atoms with Crippen LogP contribution >= 0.6 is 27.5 Å². The van der Waals surface area contributed by atoms with Crippen LogP contribution < -0.4 is 5.32 Å². The summed E-state index contributed by atoms with van der Waals surface area (Å²) in [5, 5.41) is 4.13. The summed E-state index contributed by atoms with van der Waals surface area (Å²) in [5.41, 5.74) is 1.21. The molecular formula is C11H16BrClN2. The molecule has 0 unspecified atom stereocenters. The van der Waals surface area contributed by atoms with Crippen molar-refractivity contribution in [2.45, 2.75) is 6.54 Å². The highest BCUT2D eigenvalue weighted by Crippen LogP contribution is 2.22. The molecule has 0 bridgehead atoms. The van der Waals surface area contributed by atoms with Gasteiger partial charge in [0.25, 0.3) is 0 Å². The Labute approximate surface area is 105 Å². The molecule has 0 aliphatic carbocycles. The van der Waals surface area contributed by atoms with E-state index in [1.54, 1.807) is 0 Å². The Hall–Kier alpha value is -0.0900. The van der Waals surface area contributed by atoms with Crippen LogP contribution in [-0.2, 0) is 6.54 Å². The first kappa shape index (κ1) is 13.0. The van der Waals surface area contributed by atoms with Gasteiger partial charge in [0.1, 0.15) is 0 Å². The van der Waals surface area contributed by atoms with Crippen LogP contribution in [0.5, 0.6) is 0 Å². The first-order chi connectivity index (χ1) is 7.09. The normalized spacial score (nSPS) is 11.0. The van der Waals surface area contributed by atoms with Crippen LogP contribution in [0.25, 0.3) is 0 Å². The average molecular weight is 292 g/mol. The highest BCUT2D eigenvalue weighted by molar-refractivity contribution is 9.10. The molecule has 0 atom stereocenters. The molecule has 0 saturated carbocycles. The maximum atomic E-state index is 5.99. The van der Waals surface area contributed by atoms with Gasteiger partial charge in [-0.15, -0.1) is 0 Å². The van der Waals surface area contributed by atoms with Crippen LogP contribution in [0.3, 0.4) is 0 Å². The molecule has 1 aromatic rings. The molecule has 0 saturated heterocycles. The topological polar surface area (TPSA) is 15.3 Å². The van der Waals surface area contributed by atoms with Crippen LogP contribution in [0, 0.1) is 0 Å². The molecule has 0 aromatic heterocycles. The van der Waals surface area contributed by atoms with E-state index in [0.29, 0.717) is 0 Å². The molecule has 2 nitrogen and oxygen atoms in total. The van der Waals surface area contributed by atoms with Crippen LogP contribution in [-0.4, -0.2) is 32.1 Å². The quantitative estimate of drug-likeness (QED) is 0.839. The van der Waals surface area contributed by atoms with Gasteiger partial charge in [0.05, 0.1) is 5.02 Å². The molecule has 1 rings (SSSR count). The van der Waals surface area contributed by atoms with Gasteiger partial charge in [-0.3, -0.25) is 0 Å². The van der Waals surface area contributed by atoms with Crippen molar-refractivity contribution in [3.8, 4) is 0 Å². The van der Waals surface area contributed by atoms with Crippen LogP contribution in [0.15, 0.2) is 22.7 Å². The molecule has 0 radical (unpaired) electrons. The summed E-state index contributed by atoms with van der Waals surface area (Å²) in [6.07, 6.45) is 0. The van der Waals surface area contributed by atoms with E-state index in [0.717, 1.165) is 29.1 Å². The Morgan fingerprint density at radius 2 is 2.13 bits per heavy atom. The fourth-order valence-corrected chi connectivity index (χ4v) is 1.63. The predicted molar refractivity (Wildman–Crippen MR) is 69.4 cm³/mol. The lowest BCUT2D eigenvalue weighted by molar-refractivity contribution is 0.400. The van der Waals surface area contributed by atoms with E-state index < -0.39 is 0 Å². The zero-order chi connectivity index (χ0) is 11.3. The van der Waals surface area contributed by atoms with Gasteiger partial charge in [-0.1, -0.05) is 17.7 Å². The van der Waals surface area contributed by atoms with Crippen LogP contribution in [0.1, 0.15) is 5.56 Å². The third-order valence-electron chi connectivity index (χ3n) is 2.05. The first-order valence-electron chi connectivity index (χ1n) is 4.89. The standard InChI is InChI=1S/C11H16BrClN2/c1-15(2)6-5-14-8-9-3-4-10(12)11(13)7-9/h3-4,7,14H,5-6,8H2,1-2H3. The average Bonchev–Trinajstić information content (AvgIpc) is 2.18. The molecule has 0 spiro atoms. The Bertz CT molecular complexity index is 315. The van der Waals surface area contributed by atoms with Gasteiger partial charge >= 0.3 is 0 Å². The second-order valence-corrected chi connectivity index (χ2v) is 4.99. The Morgan fingerprint density at radius 3 is 2.73 bits per heavy atom. The van der Waals surface area contributed by atoms with E-state index in [2.05, 4.69) is 46.3 Å². The molecule has 0 amide bonds. The highest BCUT2D eigenvalue weighted by Gasteiger charge is 1.98. The minimum absolute atomic E-state index is 0.766. The Balaban J connectivity index is 2.35. The van der Waals surface area contributed by atoms with Crippen molar-refractivity contribution < 1.29 is 0 Å². The molecule has 0 fully saturated rings. The zero-order valence-electron chi connectivity index (χ0n) is 9.06. The number of halogens is 2. The first-order valence-corrected chi connectivity index (χ1v) is 6.06. The van der Waals surface area contributed by atoms with Crippen molar-refractivity contribution >= 4 is 27.5 Å². The lowest BCUT2D eigenvalue weighted by atomic mass is 10.2. The highest BCUT2D eigenvalue weighted by atomic mass is 79.9. The number of hydrogen-bond acceptors (Lipinski definition) is 2. The molecule has 0 aliphatic rings. The van der Waals surface area contributed by atoms with Gasteiger partial charge in [-0.25, -0.2) is 0 Å². The summed E-state index contributed by atoms with van der Waals surface area (Å²) in [6, 6.07) is 6.03. The minimum Gasteiger partial charge on any atom is -0.311 e. The number of hydrogen-bond donors (Lipinski definition) is 1. The van der Waals surface area contributed by atoms with E-state index in [9.17, 15) is 0 Å². The van der Waals surface area contributed by atoms with Crippen molar-refractivity contribution in [3.05, 3.63) is 33.3 Å². The Morgan fingerprint density at radius 1 is 1.40 bits per heavy atom. The summed E-state index contributed by atoms with van der Waals surface area (Å²) in [6.45, 7) is 2.89. The van der Waals surface area contributed by atoms with Crippen LogP contribution in [0.4, 0.5) is 0 Å². The maximum Gasteiger partial charge on any atom is 0.0551 e. The Kier molecular flexibility index (Phi) is 5.61. The molecule has 84 valence electrons. The lowest BCUT2D eigenvalue weighted by Gasteiger charge is -2.10. The SMILES string of the molecule is CN(C)CCNCc1ccc(Br)c(Cl)c1. The minimum atomic E-state index is 0.766. The van der Waals surface area contributed by atoms with Crippen molar-refractivity contribution in [2.75, 3.05) is 27.2 Å². The third kappa shape index (κ3) is 4.98. The smallest absolute Gasteiger partial charge is 0.0551 e. The van der Waals surface area contributed by atoms with E-state index in [1.807, 2.05) is 12.1 Å². The molecular weight excluding hydrogens is 275 g/mol. The van der Waals surface area contributed by atoms with Crippen molar-refractivity contribution in [1.82, 2.24) is 10.2 Å². The number of benzene rings is 1. The van der Waals surface area contributed by atoms with Crippen molar-refractivity contribution in [2.24, 2.45) is 0 Å². The summed E-state index contributed by atoms with van der Waals surface area (Å²) in [4.78, 5) is 2.15. The number of rotatable bonds is 5. The van der Waals surface area contributed by atoms with Crippen LogP contribution in [0.2, 0.25) is 5.02 Å². The number of nitrogens with zero attached hydrogens (tertiary/aromatic N) is 1. The number of nitrogens with one attached hydrogen (secondary N) is 1. The van der Waals surface area contributed by atoms with Gasteiger partial charge in [0, 0.05) is 24.1 Å². The second-order valence-electron chi connectivity index (χ2n) is 3.73. The lowest BCUT2D eigenvalue weighted by Crippen LogP contribution is -2.26. The fraction of sp³-hybridized carbons (Fsp3) is 0.455. The van der Waals surface area contributed by atoms with Crippen molar-refractivity contribution in [1.29, 1.82) is 0 Å². The predicted octanol–water partition coefficient (Wildman–Crippen LogP) is 2.75. The largest absolute Gasteiger partial charge is 0.311 e. The monoisotopic (exact) mass is 290 g/mol. The van der Waals surface area contributed by atoms with E-state index >= 15 is 0 Å². The van der Waals surface area contributed by atoms with Gasteiger partial charge in [0.15, 0.2) is 0 Å². The van der Waals surface area contributed by atoms with Gasteiger partial charge in [-0.05, 0) is 47.7 Å². The third-order valence-corrected chi connectivity index (χ3v) is 3.28. The fourth-order valence-electron chi connectivity index (χ4n) is 1.18. The van der Waals surface area contributed by atoms with E-state index in [4.69, 9.17) is 11.6 Å². The maximum absolute atomic E-state index is 5.99. The summed E-state index contributed by atoms with van der Waals surface area (Å²) in [5.74, 6) is 0. The summed E-state index contributed by atoms with van der Waals surface area (Å²) in [7, 11) is 4.14. The second kappa shape index (κ2) is 6.48. The zero-order valence-corrected chi connectivity index (χ0v) is 11.4. The molecule has 0 aliphatic heterocycles. The van der Waals surface area contributed by atoms with E-state index in [1.165, 1.54) is 5.56 Å². The van der Waals surface area contributed by atoms with E-state index in [-0.39, 0.29) is 0 Å². The molecule has 1 aromatic carbocycles. The van der Waals surface area contributed by atoms with Crippen molar-refractivity contribution in [3.63, 3.8) is 0 Å². The van der Waals surface area contributed by atoms with Gasteiger partial charge in [-0.2, -0.15) is 0 Å².